The summed E-state index contributed by atoms with van der Waals surface area (Å²) in [7, 11) is 1.39. The fourth-order valence-electron chi connectivity index (χ4n) is 2.13. The van der Waals surface area contributed by atoms with Gasteiger partial charge in [0.1, 0.15) is 6.04 Å². The van der Waals surface area contributed by atoms with E-state index in [-0.39, 0.29) is 18.0 Å². The van der Waals surface area contributed by atoms with Gasteiger partial charge in [-0.15, -0.1) is 0 Å². The second-order valence-corrected chi connectivity index (χ2v) is 4.13. The molecule has 1 aliphatic rings. The van der Waals surface area contributed by atoms with Crippen LogP contribution in [0.1, 0.15) is 32.6 Å². The van der Waals surface area contributed by atoms with E-state index in [9.17, 15) is 9.59 Å². The van der Waals surface area contributed by atoms with Crippen LogP contribution in [0.2, 0.25) is 0 Å². The largest absolute Gasteiger partial charge is 0.469 e. The number of hydrogen-bond acceptors (Lipinski definition) is 5. The molecule has 1 atom stereocenters. The first-order valence-corrected chi connectivity index (χ1v) is 6.16. The number of carbonyl (C=O) groups is 2. The molecule has 1 saturated heterocycles. The molecule has 0 amide bonds. The van der Waals surface area contributed by atoms with Gasteiger partial charge in [-0.2, -0.15) is 0 Å². The number of carbonyl (C=O) groups excluding carboxylic acids is 2. The van der Waals surface area contributed by atoms with Crippen LogP contribution in [0, 0.1) is 0 Å². The van der Waals surface area contributed by atoms with Gasteiger partial charge in [-0.3, -0.25) is 14.5 Å². The molecule has 0 bridgehead atoms. The smallest absolute Gasteiger partial charge is 0.323 e. The highest BCUT2D eigenvalue weighted by Crippen LogP contribution is 2.19. The van der Waals surface area contributed by atoms with E-state index in [1.165, 1.54) is 7.11 Å². The number of hydrogen-bond donors (Lipinski definition) is 0. The van der Waals surface area contributed by atoms with E-state index < -0.39 is 0 Å². The van der Waals surface area contributed by atoms with Crippen LogP contribution >= 0.6 is 0 Å². The SMILES string of the molecule is CCOC(=O)C1CCCN1CCCC(=O)OC. The van der Waals surface area contributed by atoms with Gasteiger partial charge in [-0.25, -0.2) is 0 Å². The average molecular weight is 243 g/mol. The molecule has 0 aromatic heterocycles. The molecule has 5 nitrogen and oxygen atoms in total. The molecule has 0 N–H and O–H groups in total. The molecule has 0 aromatic carbocycles. The monoisotopic (exact) mass is 243 g/mol. The van der Waals surface area contributed by atoms with Crippen molar-refractivity contribution in [1.29, 1.82) is 0 Å². The standard InChI is InChI=1S/C12H21NO4/c1-3-17-12(15)10-6-4-8-13(10)9-5-7-11(14)16-2/h10H,3-9H2,1-2H3. The van der Waals surface area contributed by atoms with Crippen LogP contribution in [0.5, 0.6) is 0 Å². The molecule has 5 heteroatoms. The third-order valence-electron chi connectivity index (χ3n) is 2.98. The molecule has 0 radical (unpaired) electrons. The molecule has 0 spiro atoms. The number of methoxy groups -OCH3 is 1. The zero-order chi connectivity index (χ0) is 12.7. The predicted molar refractivity (Wildman–Crippen MR) is 62.5 cm³/mol. The van der Waals surface area contributed by atoms with E-state index >= 15 is 0 Å². The van der Waals surface area contributed by atoms with Crippen molar-refractivity contribution in [3.8, 4) is 0 Å². The molecule has 1 fully saturated rings. The van der Waals surface area contributed by atoms with Crippen LogP contribution < -0.4 is 0 Å². The van der Waals surface area contributed by atoms with Gasteiger partial charge in [0.25, 0.3) is 0 Å². The first kappa shape index (κ1) is 14.0. The Morgan fingerprint density at radius 2 is 2.18 bits per heavy atom. The Labute approximate surface area is 102 Å². The highest BCUT2D eigenvalue weighted by Gasteiger charge is 2.31. The minimum Gasteiger partial charge on any atom is -0.469 e. The molecule has 0 saturated carbocycles. The first-order chi connectivity index (χ1) is 8.19. The van der Waals surface area contributed by atoms with Gasteiger partial charge in [0.2, 0.25) is 0 Å². The van der Waals surface area contributed by atoms with Crippen LogP contribution in [0.25, 0.3) is 0 Å². The molecule has 98 valence electrons. The minimum atomic E-state index is -0.197. The third kappa shape index (κ3) is 4.34. The maximum atomic E-state index is 11.7. The Balaban J connectivity index is 2.31. The highest BCUT2D eigenvalue weighted by molar-refractivity contribution is 5.76. The fraction of sp³-hybridized carbons (Fsp3) is 0.833. The Hall–Kier alpha value is -1.10. The van der Waals surface area contributed by atoms with Crippen LogP contribution in [0.15, 0.2) is 0 Å². The summed E-state index contributed by atoms with van der Waals surface area (Å²) in [5.41, 5.74) is 0. The fourth-order valence-corrected chi connectivity index (χ4v) is 2.13. The quantitative estimate of drug-likeness (QED) is 0.651. The van der Waals surface area contributed by atoms with Gasteiger partial charge in [0, 0.05) is 6.42 Å². The molecule has 1 heterocycles. The summed E-state index contributed by atoms with van der Waals surface area (Å²) in [6.07, 6.45) is 3.00. The molecule has 1 rings (SSSR count). The summed E-state index contributed by atoms with van der Waals surface area (Å²) in [5.74, 6) is -0.333. The van der Waals surface area contributed by atoms with E-state index in [1.807, 2.05) is 6.92 Å². The van der Waals surface area contributed by atoms with Crippen molar-refractivity contribution in [2.24, 2.45) is 0 Å². The number of nitrogens with zero attached hydrogens (tertiary/aromatic N) is 1. The van der Waals surface area contributed by atoms with Crippen molar-refractivity contribution >= 4 is 11.9 Å². The first-order valence-electron chi connectivity index (χ1n) is 6.16. The Morgan fingerprint density at radius 1 is 1.41 bits per heavy atom. The van der Waals surface area contributed by atoms with Crippen molar-refractivity contribution in [2.75, 3.05) is 26.8 Å². The zero-order valence-electron chi connectivity index (χ0n) is 10.6. The van der Waals surface area contributed by atoms with E-state index in [0.717, 1.165) is 32.4 Å². The highest BCUT2D eigenvalue weighted by atomic mass is 16.5. The van der Waals surface area contributed by atoms with Gasteiger partial charge >= 0.3 is 11.9 Å². The van der Waals surface area contributed by atoms with Crippen molar-refractivity contribution in [3.05, 3.63) is 0 Å². The summed E-state index contributed by atoms with van der Waals surface area (Å²) < 4.78 is 9.61. The van der Waals surface area contributed by atoms with Gasteiger partial charge in [0.15, 0.2) is 0 Å². The number of likely N-dealkylation sites (tertiary alicyclic amines) is 1. The Bertz CT molecular complexity index is 267. The summed E-state index contributed by atoms with van der Waals surface area (Å²) >= 11 is 0. The molecule has 1 unspecified atom stereocenters. The molecule has 1 aliphatic heterocycles. The lowest BCUT2D eigenvalue weighted by Gasteiger charge is -2.22. The predicted octanol–water partition coefficient (Wildman–Crippen LogP) is 0.967. The average Bonchev–Trinajstić information content (AvgIpc) is 2.77. The van der Waals surface area contributed by atoms with Gasteiger partial charge in [0.05, 0.1) is 13.7 Å². The van der Waals surface area contributed by atoms with Crippen molar-refractivity contribution < 1.29 is 19.1 Å². The molecule has 0 aromatic rings. The second kappa shape index (κ2) is 7.27. The normalized spacial score (nSPS) is 20.2. The summed E-state index contributed by atoms with van der Waals surface area (Å²) in [6, 6.07) is -0.118. The lowest BCUT2D eigenvalue weighted by molar-refractivity contribution is -0.148. The third-order valence-corrected chi connectivity index (χ3v) is 2.98. The van der Waals surface area contributed by atoms with E-state index in [2.05, 4.69) is 9.64 Å². The van der Waals surface area contributed by atoms with Gasteiger partial charge in [-0.1, -0.05) is 0 Å². The minimum absolute atomic E-state index is 0.118. The lowest BCUT2D eigenvalue weighted by Crippen LogP contribution is -2.38. The van der Waals surface area contributed by atoms with E-state index in [4.69, 9.17) is 4.74 Å². The Morgan fingerprint density at radius 3 is 2.82 bits per heavy atom. The lowest BCUT2D eigenvalue weighted by atomic mass is 10.2. The zero-order valence-corrected chi connectivity index (χ0v) is 10.6. The molecule has 0 aliphatic carbocycles. The molecular weight excluding hydrogens is 222 g/mol. The number of esters is 2. The topological polar surface area (TPSA) is 55.8 Å². The van der Waals surface area contributed by atoms with Crippen molar-refractivity contribution in [3.63, 3.8) is 0 Å². The summed E-state index contributed by atoms with van der Waals surface area (Å²) in [6.45, 7) is 3.89. The van der Waals surface area contributed by atoms with Crippen LogP contribution in [0.3, 0.4) is 0 Å². The summed E-state index contributed by atoms with van der Waals surface area (Å²) in [4.78, 5) is 24.7. The number of ether oxygens (including phenoxy) is 2. The molecule has 17 heavy (non-hydrogen) atoms. The van der Waals surface area contributed by atoms with Crippen LogP contribution in [-0.2, 0) is 19.1 Å². The summed E-state index contributed by atoms with van der Waals surface area (Å²) in [5, 5.41) is 0. The number of rotatable bonds is 6. The van der Waals surface area contributed by atoms with Crippen molar-refractivity contribution in [2.45, 2.75) is 38.6 Å². The van der Waals surface area contributed by atoms with Gasteiger partial charge in [-0.05, 0) is 39.3 Å². The molecular formula is C12H21NO4. The van der Waals surface area contributed by atoms with E-state index in [1.54, 1.807) is 0 Å². The van der Waals surface area contributed by atoms with Crippen molar-refractivity contribution in [1.82, 2.24) is 4.90 Å². The Kier molecular flexibility index (Phi) is 5.97. The maximum Gasteiger partial charge on any atom is 0.323 e. The second-order valence-electron chi connectivity index (χ2n) is 4.13. The van der Waals surface area contributed by atoms with Gasteiger partial charge < -0.3 is 9.47 Å². The maximum absolute atomic E-state index is 11.7. The van der Waals surface area contributed by atoms with Crippen LogP contribution in [0.4, 0.5) is 0 Å². The van der Waals surface area contributed by atoms with Crippen LogP contribution in [-0.4, -0.2) is 49.7 Å². The van der Waals surface area contributed by atoms with E-state index in [0.29, 0.717) is 13.0 Å².